The number of carbonyl (C=O) groups is 1. The molecule has 1 amide bonds. The molecule has 8 unspecified atom stereocenters. The highest BCUT2D eigenvalue weighted by Crippen LogP contribution is 2.42. The third kappa shape index (κ3) is 19.5. The molecule has 21 nitrogen and oxygen atoms in total. The molecule has 4 aliphatic heterocycles. The number of rotatable bonds is 30. The number of nitrogens with one attached hydrogen (secondary N) is 1. The van der Waals surface area contributed by atoms with Crippen molar-refractivity contribution in [2.75, 3.05) is 59.9 Å². The maximum Gasteiger partial charge on any atom is 0.646 e. The molecule has 4 heterocycles. The second-order valence-electron chi connectivity index (χ2n) is 18.7. The van der Waals surface area contributed by atoms with Crippen LogP contribution in [0.1, 0.15) is 63.9 Å². The molecule has 0 aromatic heterocycles. The summed E-state index contributed by atoms with van der Waals surface area (Å²) in [5.74, 6) is 2.34. The molecule has 3 aromatic rings. The number of alkyl carbamates (subject to hydrolysis) is 1. The van der Waals surface area contributed by atoms with Crippen LogP contribution < -0.4 is 19.5 Å². The Morgan fingerprint density at radius 3 is 1.79 bits per heavy atom. The molecule has 0 radical (unpaired) electrons. The molecular formula is C45H77NO20Si9. The number of hydrogen-bond acceptors (Lipinski definition) is 20. The summed E-state index contributed by atoms with van der Waals surface area (Å²) in [6.45, 7) is 16.1. The van der Waals surface area contributed by atoms with Crippen LogP contribution in [0.2, 0.25) is 45.3 Å². The number of carbonyl (C=O) groups excluding carboxylic acids is 1. The van der Waals surface area contributed by atoms with Crippen molar-refractivity contribution in [2.24, 2.45) is 0 Å². The van der Waals surface area contributed by atoms with E-state index in [4.69, 9.17) is 82.2 Å². The molecule has 8 atom stereocenters. The van der Waals surface area contributed by atoms with Crippen LogP contribution in [0.5, 0.6) is 17.2 Å². The quantitative estimate of drug-likeness (QED) is 0.0536. The summed E-state index contributed by atoms with van der Waals surface area (Å²) in [7, 11) is -28.0. The van der Waals surface area contributed by atoms with Crippen molar-refractivity contribution < 1.29 is 87.0 Å². The maximum atomic E-state index is 12.7. The molecule has 7 rings (SSSR count). The van der Waals surface area contributed by atoms with Crippen molar-refractivity contribution in [1.29, 1.82) is 0 Å². The van der Waals surface area contributed by atoms with Gasteiger partial charge in [0, 0.05) is 46.4 Å². The van der Waals surface area contributed by atoms with Gasteiger partial charge in [-0.25, -0.2) is 4.79 Å². The van der Waals surface area contributed by atoms with E-state index >= 15 is 0 Å². The Balaban J connectivity index is 0.741. The third-order valence-electron chi connectivity index (χ3n) is 11.9. The van der Waals surface area contributed by atoms with Crippen LogP contribution in [0, 0.1) is 0 Å². The van der Waals surface area contributed by atoms with E-state index in [1.54, 1.807) is 32.7 Å². The average molecular weight is 1200 g/mol. The highest BCUT2D eigenvalue weighted by Gasteiger charge is 2.74. The maximum absolute atomic E-state index is 12.7. The molecule has 0 saturated carbocycles. The van der Waals surface area contributed by atoms with Crippen molar-refractivity contribution in [1.82, 2.24) is 5.32 Å². The van der Waals surface area contributed by atoms with E-state index < -0.39 is 87.7 Å². The third-order valence-corrected chi connectivity index (χ3v) is 45.2. The lowest BCUT2D eigenvalue weighted by molar-refractivity contribution is -0.00860. The van der Waals surface area contributed by atoms with Crippen LogP contribution >= 0.6 is 0 Å². The Labute approximate surface area is 454 Å². The number of ether oxygens (including phenoxy) is 6. The highest BCUT2D eigenvalue weighted by molar-refractivity contribution is 6.97. The van der Waals surface area contributed by atoms with Gasteiger partial charge in [-0.3, -0.25) is 0 Å². The largest absolute Gasteiger partial charge is 0.646 e. The van der Waals surface area contributed by atoms with E-state index in [1.807, 2.05) is 61.1 Å². The lowest BCUT2D eigenvalue weighted by atomic mass is 10.1. The smallest absolute Gasteiger partial charge is 0.494 e. The SMILES string of the molecule is CCCCCCCCCCOc1cccc(-c2cccc(OCCOCCOCCOc3ccc(COC(=O)NCC[SiH2]O[Si]45O[Si](C)(OC)O[Si]6(C)O[SiH]7O[SiH](C)O[Si](C)(O[Si](C)(O7)O[Si](C)(O6)O4)O5)cc3)c2)c1. The minimum absolute atomic E-state index is 0.0646. The second kappa shape index (κ2) is 28.7. The standard InChI is InChI=1S/C45H77NO20Si9/c1-9-10-11-12-13-14-15-16-28-51-43-21-17-19-40(36-43)41-20-18-22-44(37-41)53-34-32-50-30-29-49-31-33-52-42-25-23-39(24-26-42)38-54-45(47)46-27-35-67-55-75-64-70(4,48-2)60-72(6)58-69-56-68(3)57-71(5,65-75)61-73(7,59-69)63-74(8,62-72)66-75/h17-26,36-37,68-69H,9-16,27-35,38,67H2,1-8H3,(H,46,47). The van der Waals surface area contributed by atoms with Gasteiger partial charge in [-0.1, -0.05) is 88.3 Å². The molecule has 0 aliphatic carbocycles. The van der Waals surface area contributed by atoms with Crippen LogP contribution in [-0.4, -0.2) is 148 Å². The van der Waals surface area contributed by atoms with Gasteiger partial charge in [0.1, 0.15) is 37.1 Å². The van der Waals surface area contributed by atoms with Crippen LogP contribution in [0.4, 0.5) is 4.79 Å². The van der Waals surface area contributed by atoms with Crippen molar-refractivity contribution in [3.63, 3.8) is 0 Å². The van der Waals surface area contributed by atoms with Gasteiger partial charge in [0.25, 0.3) is 0 Å². The molecule has 4 saturated heterocycles. The normalized spacial score (nSPS) is 29.4. The summed E-state index contributed by atoms with van der Waals surface area (Å²) in [6.07, 6.45) is 9.65. The first kappa shape index (κ1) is 60.3. The number of hydrogen-bond donors (Lipinski definition) is 1. The summed E-state index contributed by atoms with van der Waals surface area (Å²) >= 11 is 0. The molecular weight excluding hydrogens is 1130 g/mol. The van der Waals surface area contributed by atoms with E-state index in [2.05, 4.69) is 30.4 Å². The molecule has 1 N–H and O–H groups in total. The summed E-state index contributed by atoms with van der Waals surface area (Å²) < 4.78 is 119. The van der Waals surface area contributed by atoms with Gasteiger partial charge in [0.15, 0.2) is 9.76 Å². The zero-order valence-corrected chi connectivity index (χ0v) is 54.4. The van der Waals surface area contributed by atoms with Crippen LogP contribution in [-0.2, 0) is 74.6 Å². The van der Waals surface area contributed by atoms with Crippen molar-refractivity contribution in [3.8, 4) is 28.4 Å². The summed E-state index contributed by atoms with van der Waals surface area (Å²) in [6, 6.07) is 24.1. The Morgan fingerprint density at radius 2 is 1.15 bits per heavy atom. The predicted octanol–water partition coefficient (Wildman–Crippen LogP) is 6.84. The highest BCUT2D eigenvalue weighted by atomic mass is 28.6. The van der Waals surface area contributed by atoms with Crippen molar-refractivity contribution >= 4 is 87.7 Å². The van der Waals surface area contributed by atoms with Crippen molar-refractivity contribution in [2.45, 2.75) is 110 Å². The molecule has 4 fully saturated rings. The molecule has 4 aliphatic rings. The number of amides is 1. The van der Waals surface area contributed by atoms with Gasteiger partial charge in [-0.05, 0) is 72.1 Å². The van der Waals surface area contributed by atoms with Crippen LogP contribution in [0.15, 0.2) is 72.8 Å². The first-order chi connectivity index (χ1) is 36.0. The first-order valence-electron chi connectivity index (χ1n) is 26.0. The molecule has 30 heteroatoms. The zero-order valence-electron chi connectivity index (χ0n) is 44.7. The minimum atomic E-state index is -4.28. The molecule has 6 bridgehead atoms. The van der Waals surface area contributed by atoms with E-state index in [0.717, 1.165) is 41.2 Å². The number of benzene rings is 3. The van der Waals surface area contributed by atoms with E-state index in [1.165, 1.54) is 52.1 Å². The lowest BCUT2D eigenvalue weighted by Gasteiger charge is -2.54. The fourth-order valence-electron chi connectivity index (χ4n) is 8.52. The van der Waals surface area contributed by atoms with E-state index in [-0.39, 0.29) is 13.2 Å². The summed E-state index contributed by atoms with van der Waals surface area (Å²) in [5, 5.41) is 2.78. The first-order valence-corrected chi connectivity index (χ1v) is 43.9. The Bertz CT molecular complexity index is 2240. The molecule has 3 aromatic carbocycles. The molecule has 418 valence electrons. The Morgan fingerprint density at radius 1 is 0.600 bits per heavy atom. The second-order valence-corrected chi connectivity index (χ2v) is 42.4. The van der Waals surface area contributed by atoms with Gasteiger partial charge in [0.2, 0.25) is 0 Å². The fourth-order valence-corrected chi connectivity index (χ4v) is 48.0. The Hall–Kier alpha value is -2.32. The molecule has 75 heavy (non-hydrogen) atoms. The Kier molecular flexibility index (Phi) is 23.1. The van der Waals surface area contributed by atoms with Gasteiger partial charge >= 0.3 is 78.0 Å². The van der Waals surface area contributed by atoms with E-state index in [0.29, 0.717) is 51.4 Å². The van der Waals surface area contributed by atoms with Gasteiger partial charge in [-0.2, -0.15) is 0 Å². The number of unbranched alkanes of at least 4 members (excludes halogenated alkanes) is 7. The van der Waals surface area contributed by atoms with E-state index in [9.17, 15) is 4.79 Å². The number of fused-ring (bicyclic) bond motifs is 4. The fraction of sp³-hybridized carbons (Fsp3) is 0.578. The molecule has 0 spiro atoms. The topological polar surface area (TPSA) is 204 Å². The van der Waals surface area contributed by atoms with Gasteiger partial charge < -0.3 is 87.5 Å². The minimum Gasteiger partial charge on any atom is -0.494 e. The van der Waals surface area contributed by atoms with Crippen LogP contribution in [0.3, 0.4) is 0 Å². The summed E-state index contributed by atoms with van der Waals surface area (Å²) in [5.41, 5.74) is 2.95. The monoisotopic (exact) mass is 1200 g/mol. The predicted molar refractivity (Wildman–Crippen MR) is 295 cm³/mol. The summed E-state index contributed by atoms with van der Waals surface area (Å²) in [4.78, 5) is 12.7. The lowest BCUT2D eigenvalue weighted by Crippen LogP contribution is -2.81. The average Bonchev–Trinajstić information content (AvgIpc) is 3.34. The van der Waals surface area contributed by atoms with Gasteiger partial charge in [0.05, 0.1) is 33.0 Å². The van der Waals surface area contributed by atoms with Gasteiger partial charge in [-0.15, -0.1) is 0 Å². The van der Waals surface area contributed by atoms with Crippen molar-refractivity contribution in [3.05, 3.63) is 78.4 Å². The van der Waals surface area contributed by atoms with Crippen LogP contribution in [0.25, 0.3) is 11.1 Å². The zero-order chi connectivity index (χ0) is 53.3.